The maximum absolute atomic E-state index is 10.4. The van der Waals surface area contributed by atoms with Crippen LogP contribution < -0.4 is 5.32 Å². The van der Waals surface area contributed by atoms with E-state index in [1.165, 1.54) is 6.92 Å². The third kappa shape index (κ3) is 5.15. The minimum absolute atomic E-state index is 0.000877. The van der Waals surface area contributed by atoms with E-state index in [-0.39, 0.29) is 12.4 Å². The third-order valence-electron chi connectivity index (χ3n) is 0.824. The first-order valence-corrected chi connectivity index (χ1v) is 3.21. The van der Waals surface area contributed by atoms with Crippen molar-refractivity contribution in [2.45, 2.75) is 13.8 Å². The zero-order chi connectivity index (χ0) is 7.98. The monoisotopic (exact) mass is 143 g/mol. The molecule has 0 aliphatic rings. The molecule has 0 spiro atoms. The molecule has 1 N–H and O–H groups in total. The highest BCUT2D eigenvalue weighted by molar-refractivity contribution is 5.76. The molecule has 0 radical (unpaired) electrons. The summed E-state index contributed by atoms with van der Waals surface area (Å²) in [6.45, 7) is 7.80. The van der Waals surface area contributed by atoms with E-state index < -0.39 is 0 Å². The molecule has 10 heavy (non-hydrogen) atoms. The number of hydrogen-bond acceptors (Lipinski definition) is 3. The molecule has 3 nitrogen and oxygen atoms in total. The smallest absolute Gasteiger partial charge is 0.179 e. The van der Waals surface area contributed by atoms with Crippen LogP contribution in [-0.4, -0.2) is 18.9 Å². The van der Waals surface area contributed by atoms with Crippen LogP contribution >= 0.6 is 0 Å². The zero-order valence-electron chi connectivity index (χ0n) is 6.44. The van der Waals surface area contributed by atoms with Crippen LogP contribution in [0.4, 0.5) is 0 Å². The molecule has 0 saturated heterocycles. The topological polar surface area (TPSA) is 38.3 Å². The number of carbonyl (C=O) groups excluding carboxylic acids is 1. The molecule has 58 valence electrons. The van der Waals surface area contributed by atoms with Gasteiger partial charge in [-0.25, -0.2) is 0 Å². The summed E-state index contributed by atoms with van der Waals surface area (Å²) in [4.78, 5) is 10.4. The number of ketones is 1. The second kappa shape index (κ2) is 4.85. The van der Waals surface area contributed by atoms with Gasteiger partial charge in [0, 0.05) is 6.54 Å². The van der Waals surface area contributed by atoms with Crippen molar-refractivity contribution in [1.82, 2.24) is 5.32 Å². The second-order valence-corrected chi connectivity index (χ2v) is 1.94. The Morgan fingerprint density at radius 2 is 2.30 bits per heavy atom. The SMILES string of the molecule is C=C(NCC)OCC(C)=O. The summed E-state index contributed by atoms with van der Waals surface area (Å²) in [6, 6.07) is 0. The molecule has 0 aromatic carbocycles. The van der Waals surface area contributed by atoms with Crippen LogP contribution in [0.3, 0.4) is 0 Å². The quantitative estimate of drug-likeness (QED) is 0.575. The van der Waals surface area contributed by atoms with Gasteiger partial charge in [-0.1, -0.05) is 0 Å². The van der Waals surface area contributed by atoms with E-state index in [1.54, 1.807) is 0 Å². The highest BCUT2D eigenvalue weighted by Crippen LogP contribution is 1.86. The minimum Gasteiger partial charge on any atom is -0.472 e. The standard InChI is InChI=1S/C7H13NO2/c1-4-8-7(3)10-5-6(2)9/h8H,3-5H2,1-2H3. The molecule has 0 heterocycles. The van der Waals surface area contributed by atoms with Crippen molar-refractivity contribution in [2.75, 3.05) is 13.2 Å². The van der Waals surface area contributed by atoms with Gasteiger partial charge in [-0.05, 0) is 20.4 Å². The molecular formula is C7H13NO2. The molecule has 0 aliphatic carbocycles. The van der Waals surface area contributed by atoms with Gasteiger partial charge in [-0.2, -0.15) is 0 Å². The lowest BCUT2D eigenvalue weighted by molar-refractivity contribution is -0.120. The lowest BCUT2D eigenvalue weighted by Gasteiger charge is -2.06. The predicted molar refractivity (Wildman–Crippen MR) is 39.4 cm³/mol. The molecule has 3 heteroatoms. The van der Waals surface area contributed by atoms with Crippen molar-refractivity contribution >= 4 is 5.78 Å². The number of carbonyl (C=O) groups is 1. The van der Waals surface area contributed by atoms with Crippen LogP contribution in [-0.2, 0) is 9.53 Å². The van der Waals surface area contributed by atoms with Gasteiger partial charge < -0.3 is 10.1 Å². The Balaban J connectivity index is 3.30. The summed E-state index contributed by atoms with van der Waals surface area (Å²) in [6.07, 6.45) is 0. The molecule has 0 bridgehead atoms. The fraction of sp³-hybridized carbons (Fsp3) is 0.571. The number of ether oxygens (including phenoxy) is 1. The maximum atomic E-state index is 10.4. The van der Waals surface area contributed by atoms with Crippen LogP contribution in [0.1, 0.15) is 13.8 Å². The summed E-state index contributed by atoms with van der Waals surface area (Å²) < 4.78 is 4.89. The van der Waals surface area contributed by atoms with Crippen LogP contribution in [0.25, 0.3) is 0 Å². The van der Waals surface area contributed by atoms with Crippen molar-refractivity contribution in [3.8, 4) is 0 Å². The predicted octanol–water partition coefficient (Wildman–Crippen LogP) is 0.673. The largest absolute Gasteiger partial charge is 0.472 e. The van der Waals surface area contributed by atoms with Crippen LogP contribution in [0.15, 0.2) is 12.5 Å². The van der Waals surface area contributed by atoms with E-state index in [4.69, 9.17) is 4.74 Å². The van der Waals surface area contributed by atoms with Crippen molar-refractivity contribution < 1.29 is 9.53 Å². The van der Waals surface area contributed by atoms with E-state index in [2.05, 4.69) is 11.9 Å². The molecule has 0 atom stereocenters. The Hall–Kier alpha value is -0.990. The molecule has 0 unspecified atom stereocenters. The molecule has 0 aromatic heterocycles. The average molecular weight is 143 g/mol. The molecule has 0 aliphatic heterocycles. The lowest BCUT2D eigenvalue weighted by Crippen LogP contribution is -2.16. The Morgan fingerprint density at radius 1 is 1.70 bits per heavy atom. The van der Waals surface area contributed by atoms with Crippen molar-refractivity contribution in [3.63, 3.8) is 0 Å². The van der Waals surface area contributed by atoms with Gasteiger partial charge in [0.2, 0.25) is 0 Å². The first-order valence-electron chi connectivity index (χ1n) is 3.21. The lowest BCUT2D eigenvalue weighted by atomic mass is 10.5. The Morgan fingerprint density at radius 3 is 2.70 bits per heavy atom. The second-order valence-electron chi connectivity index (χ2n) is 1.94. The first-order chi connectivity index (χ1) is 4.66. The van der Waals surface area contributed by atoms with Gasteiger partial charge in [-0.3, -0.25) is 4.79 Å². The molecule has 0 aromatic rings. The van der Waals surface area contributed by atoms with Gasteiger partial charge in [0.15, 0.2) is 11.7 Å². The van der Waals surface area contributed by atoms with Gasteiger partial charge in [0.05, 0.1) is 0 Å². The van der Waals surface area contributed by atoms with Gasteiger partial charge in [-0.15, -0.1) is 0 Å². The van der Waals surface area contributed by atoms with Gasteiger partial charge >= 0.3 is 0 Å². The highest BCUT2D eigenvalue weighted by Gasteiger charge is 1.94. The first kappa shape index (κ1) is 9.01. The van der Waals surface area contributed by atoms with Crippen LogP contribution in [0.5, 0.6) is 0 Å². The average Bonchev–Trinajstić information content (AvgIpc) is 1.85. The number of rotatable bonds is 5. The molecule has 0 saturated carbocycles. The van der Waals surface area contributed by atoms with E-state index in [1.807, 2.05) is 6.92 Å². The van der Waals surface area contributed by atoms with Crippen LogP contribution in [0.2, 0.25) is 0 Å². The van der Waals surface area contributed by atoms with E-state index in [0.29, 0.717) is 5.88 Å². The van der Waals surface area contributed by atoms with Crippen LogP contribution in [0, 0.1) is 0 Å². The molecular weight excluding hydrogens is 130 g/mol. The maximum Gasteiger partial charge on any atom is 0.179 e. The molecule has 0 rings (SSSR count). The highest BCUT2D eigenvalue weighted by atomic mass is 16.5. The summed E-state index contributed by atoms with van der Waals surface area (Å²) in [5, 5.41) is 2.83. The number of nitrogens with one attached hydrogen (secondary N) is 1. The Kier molecular flexibility index (Phi) is 4.37. The summed E-state index contributed by atoms with van der Waals surface area (Å²) in [7, 11) is 0. The summed E-state index contributed by atoms with van der Waals surface area (Å²) in [5.74, 6) is 0.455. The van der Waals surface area contributed by atoms with E-state index in [9.17, 15) is 4.79 Å². The fourth-order valence-corrected chi connectivity index (χ4v) is 0.437. The summed E-state index contributed by atoms with van der Waals surface area (Å²) in [5.41, 5.74) is 0. The molecule has 0 amide bonds. The van der Waals surface area contributed by atoms with Gasteiger partial charge in [0.1, 0.15) is 6.61 Å². The van der Waals surface area contributed by atoms with E-state index in [0.717, 1.165) is 6.54 Å². The number of Topliss-reactive ketones (excluding diaryl/α,β-unsaturated/α-hetero) is 1. The normalized spacial score (nSPS) is 8.60. The Labute approximate surface area is 61.1 Å². The van der Waals surface area contributed by atoms with Crippen molar-refractivity contribution in [1.29, 1.82) is 0 Å². The zero-order valence-corrected chi connectivity index (χ0v) is 6.44. The van der Waals surface area contributed by atoms with E-state index >= 15 is 0 Å². The van der Waals surface area contributed by atoms with Gasteiger partial charge in [0.25, 0.3) is 0 Å². The third-order valence-corrected chi connectivity index (χ3v) is 0.824. The summed E-state index contributed by atoms with van der Waals surface area (Å²) >= 11 is 0. The minimum atomic E-state index is -0.000877. The Bertz CT molecular complexity index is 132. The van der Waals surface area contributed by atoms with Crippen molar-refractivity contribution in [2.24, 2.45) is 0 Å². The van der Waals surface area contributed by atoms with Crippen molar-refractivity contribution in [3.05, 3.63) is 12.5 Å². The fourth-order valence-electron chi connectivity index (χ4n) is 0.437. The number of hydrogen-bond donors (Lipinski definition) is 1. The molecule has 0 fully saturated rings.